The molecule has 3 aliphatic rings. The lowest BCUT2D eigenvalue weighted by Crippen LogP contribution is -2.44. The van der Waals surface area contributed by atoms with Crippen molar-refractivity contribution in [3.63, 3.8) is 0 Å². The molecule has 8 N–H and O–H groups in total. The van der Waals surface area contributed by atoms with E-state index in [-0.39, 0.29) is 103 Å². The van der Waals surface area contributed by atoms with Gasteiger partial charge in [0.2, 0.25) is 47.3 Å². The van der Waals surface area contributed by atoms with Crippen LogP contribution in [-0.2, 0) is 57.4 Å². The number of hydrogen-bond donors (Lipinski definition) is 8. The first-order valence-electron chi connectivity index (χ1n) is 41.9. The second-order valence-corrected chi connectivity index (χ2v) is 40.2. The van der Waals surface area contributed by atoms with E-state index >= 15 is 0 Å². The lowest BCUT2D eigenvalue weighted by atomic mass is 9.90. The van der Waals surface area contributed by atoms with Gasteiger partial charge in [-0.1, -0.05) is 66.5 Å². The monoisotopic (exact) mass is 1670 g/mol. The van der Waals surface area contributed by atoms with Gasteiger partial charge < -0.3 is 76.3 Å². The summed E-state index contributed by atoms with van der Waals surface area (Å²) >= 11 is 0. The van der Waals surface area contributed by atoms with Crippen LogP contribution in [0.1, 0.15) is 239 Å². The molecule has 0 aromatic carbocycles. The fraction of sp³-hybridized carbons (Fsp3) is 0.769. The summed E-state index contributed by atoms with van der Waals surface area (Å²) in [6.45, 7) is 85.1. The number of likely N-dealkylation sites (tertiary alicyclic amines) is 1. The Labute approximate surface area is 720 Å². The van der Waals surface area contributed by atoms with E-state index in [1.54, 1.807) is 19.4 Å². The van der Waals surface area contributed by atoms with Crippen molar-refractivity contribution in [3.8, 4) is 0 Å². The summed E-state index contributed by atoms with van der Waals surface area (Å²) in [6, 6.07) is 0. The van der Waals surface area contributed by atoms with Crippen molar-refractivity contribution in [2.45, 2.75) is 283 Å². The molecule has 8 amide bonds. The molecule has 0 atom stereocenters. The summed E-state index contributed by atoms with van der Waals surface area (Å²) in [4.78, 5) is 117. The molecule has 0 unspecified atom stereocenters. The minimum Gasteiger partial charge on any atom is -0.384 e. The zero-order valence-corrected chi connectivity index (χ0v) is 81.9. The highest BCUT2D eigenvalue weighted by molar-refractivity contribution is 5.95. The molecule has 3 heterocycles. The number of rotatable bonds is 26. The largest absolute Gasteiger partial charge is 0.384 e. The molecule has 3 aliphatic heterocycles. The van der Waals surface area contributed by atoms with Gasteiger partial charge in [-0.05, 0) is 239 Å². The first-order valence-corrected chi connectivity index (χ1v) is 41.9. The number of carbonyl (C=O) groups is 9. The Bertz CT molecular complexity index is 2880. The summed E-state index contributed by atoms with van der Waals surface area (Å²) in [5.41, 5.74) is 0.781. The number of allylic oxidation sites excluding steroid dienone is 1. The molecule has 3 saturated heterocycles. The molecular formula is C91H179N15O12. The normalized spacial score (nSPS) is 14.4. The van der Waals surface area contributed by atoms with Crippen molar-refractivity contribution < 1.29 is 57.4 Å². The number of ketones is 1. The molecule has 0 saturated carbocycles. The van der Waals surface area contributed by atoms with Gasteiger partial charge in [-0.2, -0.15) is 0 Å². The molecule has 690 valence electrons. The highest BCUT2D eigenvalue weighted by Gasteiger charge is 2.24. The third kappa shape index (κ3) is 96.4. The minimum atomic E-state index is -0.206. The van der Waals surface area contributed by atoms with Crippen LogP contribution in [0.25, 0.3) is 0 Å². The second kappa shape index (κ2) is 62.4. The van der Waals surface area contributed by atoms with Gasteiger partial charge >= 0.3 is 0 Å². The molecule has 27 heteroatoms. The van der Waals surface area contributed by atoms with Crippen LogP contribution in [0.5, 0.6) is 0 Å². The Hall–Kier alpha value is -6.69. The van der Waals surface area contributed by atoms with Crippen molar-refractivity contribution in [1.82, 2.24) is 76.8 Å². The van der Waals surface area contributed by atoms with E-state index in [9.17, 15) is 43.2 Å². The van der Waals surface area contributed by atoms with Crippen molar-refractivity contribution >= 4 is 53.0 Å². The highest BCUT2D eigenvalue weighted by Crippen LogP contribution is 2.19. The van der Waals surface area contributed by atoms with Gasteiger partial charge in [0.15, 0.2) is 5.78 Å². The van der Waals surface area contributed by atoms with Crippen LogP contribution >= 0.6 is 0 Å². The SMILES string of the molecule is C=C(CN(C)CCN(C)C)C(=O)NC(C)(C)C.C=C(CN1CCCCC1)C(=O)NC(C)(C)C.C=C(CN1CCOCC1)C(=O)NC(C)(C)C.C=CC(=O)CC(C)(C)C.CC(C)(C)NC(=O)CCN1CCOCC1.CCC(=O)NC(C)(C)C.CN(C)/C=C/C(=O)NC(C)(C)C.CN(C)C/C=C/C(=O)NC(C)(C)C.COCCC(=O)NC(C)(C)C. The van der Waals surface area contributed by atoms with Crippen LogP contribution in [0.4, 0.5) is 0 Å². The topological polar surface area (TPSA) is 300 Å². The maximum absolute atomic E-state index is 11.8. The van der Waals surface area contributed by atoms with Gasteiger partial charge in [-0.3, -0.25) is 57.9 Å². The molecule has 3 rings (SSSR count). The third-order valence-corrected chi connectivity index (χ3v) is 14.5. The molecule has 0 radical (unpaired) electrons. The predicted octanol–water partition coefficient (Wildman–Crippen LogP) is 10.7. The zero-order valence-electron chi connectivity index (χ0n) is 81.9. The van der Waals surface area contributed by atoms with Crippen molar-refractivity contribution in [1.29, 1.82) is 0 Å². The predicted molar refractivity (Wildman–Crippen MR) is 493 cm³/mol. The maximum atomic E-state index is 11.8. The van der Waals surface area contributed by atoms with Crippen LogP contribution in [0.2, 0.25) is 0 Å². The molecule has 0 aliphatic carbocycles. The Morgan fingerprint density at radius 2 is 0.771 bits per heavy atom. The smallest absolute Gasteiger partial charge is 0.248 e. The summed E-state index contributed by atoms with van der Waals surface area (Å²) in [6.07, 6.45) is 14.0. The van der Waals surface area contributed by atoms with Gasteiger partial charge in [-0.15, -0.1) is 0 Å². The van der Waals surface area contributed by atoms with E-state index in [4.69, 9.17) is 14.2 Å². The average molecular weight is 1680 g/mol. The lowest BCUT2D eigenvalue weighted by Gasteiger charge is -2.28. The van der Waals surface area contributed by atoms with Crippen molar-refractivity contribution in [3.05, 3.63) is 73.5 Å². The zero-order chi connectivity index (χ0) is 93.5. The van der Waals surface area contributed by atoms with Gasteiger partial charge in [0, 0.05) is 198 Å². The molecule has 0 aromatic heterocycles. The lowest BCUT2D eigenvalue weighted by molar-refractivity contribution is -0.124. The Morgan fingerprint density at radius 3 is 1.08 bits per heavy atom. The summed E-state index contributed by atoms with van der Waals surface area (Å²) in [5, 5.41) is 23.1. The fourth-order valence-corrected chi connectivity index (χ4v) is 9.45. The van der Waals surface area contributed by atoms with E-state index in [1.165, 1.54) is 31.4 Å². The molecule has 0 spiro atoms. The maximum Gasteiger partial charge on any atom is 0.248 e. The molecule has 3 fully saturated rings. The fourth-order valence-electron chi connectivity index (χ4n) is 9.45. The van der Waals surface area contributed by atoms with Crippen LogP contribution < -0.4 is 42.5 Å². The summed E-state index contributed by atoms with van der Waals surface area (Å²) in [5.74, 6) is 0.190. The first kappa shape index (κ1) is 122. The number of amides is 8. The molecule has 0 aromatic rings. The van der Waals surface area contributed by atoms with Crippen molar-refractivity contribution in [2.75, 3.05) is 175 Å². The Kier molecular flexibility index (Phi) is 64.6. The summed E-state index contributed by atoms with van der Waals surface area (Å²) < 4.78 is 15.3. The number of carbonyl (C=O) groups excluding carboxylic acids is 9. The third-order valence-electron chi connectivity index (χ3n) is 14.5. The number of piperidine rings is 1. The van der Waals surface area contributed by atoms with Gasteiger partial charge in [0.05, 0.1) is 33.0 Å². The van der Waals surface area contributed by atoms with E-state index in [0.29, 0.717) is 68.6 Å². The molecule has 27 nitrogen and oxygen atoms in total. The Morgan fingerprint density at radius 1 is 0.424 bits per heavy atom. The number of ether oxygens (including phenoxy) is 3. The van der Waals surface area contributed by atoms with Gasteiger partial charge in [0.25, 0.3) is 0 Å². The molecular weight excluding hydrogens is 1500 g/mol. The highest BCUT2D eigenvalue weighted by atomic mass is 16.5. The van der Waals surface area contributed by atoms with E-state index in [0.717, 1.165) is 91.9 Å². The van der Waals surface area contributed by atoms with Crippen LogP contribution in [0.15, 0.2) is 73.5 Å². The van der Waals surface area contributed by atoms with Crippen LogP contribution in [0.3, 0.4) is 0 Å². The average Bonchev–Trinajstić information content (AvgIpc) is 0.900. The Balaban J connectivity index is -0.000000301. The quantitative estimate of drug-likeness (QED) is 0.0373. The number of morpholine rings is 2. The van der Waals surface area contributed by atoms with E-state index in [1.807, 2.05) is 259 Å². The number of methoxy groups -OCH3 is 1. The number of nitrogens with one attached hydrogen (secondary N) is 8. The number of likely N-dealkylation sites (N-methyl/N-ethyl adjacent to an activating group) is 3. The summed E-state index contributed by atoms with van der Waals surface area (Å²) in [7, 11) is 15.3. The van der Waals surface area contributed by atoms with Gasteiger partial charge in [0.1, 0.15) is 0 Å². The minimum absolute atomic E-state index is 0.0157. The van der Waals surface area contributed by atoms with Gasteiger partial charge in [-0.25, -0.2) is 0 Å². The number of hydrogen-bond acceptors (Lipinski definition) is 19. The number of nitrogens with zero attached hydrogens (tertiary/aromatic N) is 7. The van der Waals surface area contributed by atoms with Crippen molar-refractivity contribution in [2.24, 2.45) is 5.41 Å². The molecule has 118 heavy (non-hydrogen) atoms. The first-order chi connectivity index (χ1) is 53.3. The van der Waals surface area contributed by atoms with Crippen LogP contribution in [-0.4, -0.2) is 306 Å². The van der Waals surface area contributed by atoms with E-state index < -0.39 is 0 Å². The van der Waals surface area contributed by atoms with E-state index in [2.05, 4.69) is 93.3 Å². The standard InChI is InChI=1S/C13H27N3O.C13H24N2O.C12H22N2O2.C11H22N2O2.C10H20N2O.C9H18N2O.C8H17NO2.C8H14O.C7H15NO/c1-11(12(17)14-13(2,3)4)10-16(7)9-8-15(5)6;1-11(12(16)14-13(2,3)4)10-15-8-6-5-7-9-15;1-10(11(15)13-12(2,3)4)9-14-5-7-16-8-6-14;1-11(2,3)12-10(14)4-5-13-6-8-15-9-7-13;1-10(2,3)11-9(13)7-6-8-12(4)5;1-9(2,3)10-8(12)6-7-11(4)5;1-8(2,3)9-7(10)5-6-11-4;1-5-7(9)6-8(2,3)4;1-5-6(9)8-7(2,3)4/h1,8-10H2,2-7H3,(H,14,17);1,5-10H2,2-4H3,(H,14,16);1,5-9H2,2-4H3,(H,13,15);4-9H2,1-3H3,(H,12,14);6-7H,8H2,1-5H3,(H,11,13);6-7H,1-5H3,(H,10,12);5-6H2,1-4H3,(H,9,10);5H,1,6H2,2-4H3;5H2,1-4H3,(H,8,9)/b;;;;2*7-6+;;;. The molecule has 0 bridgehead atoms. The second-order valence-electron chi connectivity index (χ2n) is 40.2. The van der Waals surface area contributed by atoms with Crippen LogP contribution in [0, 0.1) is 5.41 Å².